The lowest BCUT2D eigenvalue weighted by Gasteiger charge is -2.10. The summed E-state index contributed by atoms with van der Waals surface area (Å²) in [7, 11) is 0. The lowest BCUT2D eigenvalue weighted by Crippen LogP contribution is -2.22. The number of halogens is 1. The lowest BCUT2D eigenvalue weighted by atomic mass is 10.1. The maximum absolute atomic E-state index is 12.0. The Kier molecular flexibility index (Phi) is 7.75. The summed E-state index contributed by atoms with van der Waals surface area (Å²) < 4.78 is 5.93. The van der Waals surface area contributed by atoms with Gasteiger partial charge in [-0.1, -0.05) is 28.1 Å². The molecule has 0 unspecified atom stereocenters. The third kappa shape index (κ3) is 6.81. The zero-order valence-corrected chi connectivity index (χ0v) is 17.7. The largest absolute Gasteiger partial charge is 0.456 e. The van der Waals surface area contributed by atoms with E-state index in [0.29, 0.717) is 11.4 Å². The first kappa shape index (κ1) is 21.6. The molecule has 2 aromatic rings. The second kappa shape index (κ2) is 10.0. The minimum Gasteiger partial charge on any atom is -0.456 e. The second-order valence-electron chi connectivity index (χ2n) is 6.55. The molecule has 0 heterocycles. The second-order valence-corrected chi connectivity index (χ2v) is 7.34. The van der Waals surface area contributed by atoms with Crippen molar-refractivity contribution in [1.29, 1.82) is 0 Å². The van der Waals surface area contributed by atoms with Crippen LogP contribution < -0.4 is 10.6 Å². The molecule has 2 amide bonds. The normalized spacial score (nSPS) is 10.3. The van der Waals surface area contributed by atoms with Crippen LogP contribution in [0.15, 0.2) is 40.9 Å². The van der Waals surface area contributed by atoms with Crippen molar-refractivity contribution in [2.45, 2.75) is 33.6 Å². The molecule has 0 saturated carbocycles. The van der Waals surface area contributed by atoms with Crippen LogP contribution in [-0.4, -0.2) is 24.4 Å². The van der Waals surface area contributed by atoms with Crippen molar-refractivity contribution in [2.24, 2.45) is 0 Å². The van der Waals surface area contributed by atoms with E-state index >= 15 is 0 Å². The monoisotopic (exact) mass is 446 g/mol. The number of carbonyl (C=O) groups excluding carboxylic acids is 3. The maximum atomic E-state index is 12.0. The molecule has 2 rings (SSSR count). The summed E-state index contributed by atoms with van der Waals surface area (Å²) in [4.78, 5) is 35.6. The highest BCUT2D eigenvalue weighted by atomic mass is 79.9. The molecule has 0 aliphatic rings. The molecule has 0 aliphatic heterocycles. The van der Waals surface area contributed by atoms with Crippen molar-refractivity contribution in [1.82, 2.24) is 0 Å². The van der Waals surface area contributed by atoms with Crippen LogP contribution in [0.4, 0.5) is 11.4 Å². The van der Waals surface area contributed by atoms with Gasteiger partial charge in [0.15, 0.2) is 6.61 Å². The van der Waals surface area contributed by atoms with Gasteiger partial charge in [0.25, 0.3) is 5.91 Å². The fourth-order valence-electron chi connectivity index (χ4n) is 2.60. The minimum atomic E-state index is -0.599. The van der Waals surface area contributed by atoms with Gasteiger partial charge in [-0.25, -0.2) is 0 Å². The summed E-state index contributed by atoms with van der Waals surface area (Å²) in [5.74, 6) is -1.32. The van der Waals surface area contributed by atoms with E-state index < -0.39 is 18.5 Å². The number of rotatable bonds is 7. The molecule has 2 N–H and O–H groups in total. The van der Waals surface area contributed by atoms with Gasteiger partial charge in [-0.2, -0.15) is 0 Å². The highest BCUT2D eigenvalue weighted by molar-refractivity contribution is 9.10. The fraction of sp³-hybridized carbons (Fsp3) is 0.286. The van der Waals surface area contributed by atoms with E-state index in [0.717, 1.165) is 21.2 Å². The highest BCUT2D eigenvalue weighted by Gasteiger charge is 2.12. The molecule has 0 atom stereocenters. The molecular weight excluding hydrogens is 424 g/mol. The number of nitrogens with one attached hydrogen (secondary N) is 2. The van der Waals surface area contributed by atoms with Crippen LogP contribution in [0.2, 0.25) is 0 Å². The maximum Gasteiger partial charge on any atom is 0.306 e. The van der Waals surface area contributed by atoms with E-state index in [2.05, 4.69) is 26.6 Å². The third-order valence-electron chi connectivity index (χ3n) is 3.94. The van der Waals surface area contributed by atoms with Gasteiger partial charge in [0.1, 0.15) is 0 Å². The zero-order valence-electron chi connectivity index (χ0n) is 16.1. The summed E-state index contributed by atoms with van der Waals surface area (Å²) in [5, 5.41) is 5.41. The number of carbonyl (C=O) groups is 3. The molecule has 0 spiro atoms. The van der Waals surface area contributed by atoms with E-state index in [1.54, 1.807) is 6.07 Å². The first-order valence-electron chi connectivity index (χ1n) is 8.83. The molecule has 6 nitrogen and oxygen atoms in total. The number of hydrogen-bond donors (Lipinski definition) is 2. The standard InChI is InChI=1S/C21H23BrN2O4/c1-13-5-4-6-16(9-13)23-18(25)7-8-20(27)28-12-19(26)24-17-10-14(2)21(22)15(3)11-17/h4-6,9-11H,7-8,12H2,1-3H3,(H,23,25)(H,24,26). The predicted molar refractivity (Wildman–Crippen MR) is 112 cm³/mol. The Labute approximate surface area is 172 Å². The molecule has 148 valence electrons. The van der Waals surface area contributed by atoms with Gasteiger partial charge in [0.05, 0.1) is 6.42 Å². The van der Waals surface area contributed by atoms with Crippen LogP contribution >= 0.6 is 15.9 Å². The van der Waals surface area contributed by atoms with Crippen molar-refractivity contribution >= 4 is 45.1 Å². The number of esters is 1. The Morgan fingerprint density at radius 1 is 0.893 bits per heavy atom. The molecule has 7 heteroatoms. The van der Waals surface area contributed by atoms with Crippen LogP contribution in [0.1, 0.15) is 29.5 Å². The first-order valence-corrected chi connectivity index (χ1v) is 9.62. The molecule has 0 saturated heterocycles. The Hall–Kier alpha value is -2.67. The Morgan fingerprint density at radius 3 is 2.18 bits per heavy atom. The van der Waals surface area contributed by atoms with E-state index in [1.165, 1.54) is 0 Å². The van der Waals surface area contributed by atoms with Crippen LogP contribution in [0, 0.1) is 20.8 Å². The average Bonchev–Trinajstić information content (AvgIpc) is 2.62. The van der Waals surface area contributed by atoms with Gasteiger partial charge in [0.2, 0.25) is 5.91 Å². The SMILES string of the molecule is Cc1cccc(NC(=O)CCC(=O)OCC(=O)Nc2cc(C)c(Br)c(C)c2)c1. The lowest BCUT2D eigenvalue weighted by molar-refractivity contribution is -0.147. The Bertz CT molecular complexity index is 873. The van der Waals surface area contributed by atoms with E-state index in [9.17, 15) is 14.4 Å². The van der Waals surface area contributed by atoms with Gasteiger partial charge >= 0.3 is 5.97 Å². The van der Waals surface area contributed by atoms with E-state index in [1.807, 2.05) is 51.1 Å². The highest BCUT2D eigenvalue weighted by Crippen LogP contribution is 2.24. The van der Waals surface area contributed by atoms with Gasteiger partial charge in [-0.15, -0.1) is 0 Å². The number of anilines is 2. The summed E-state index contributed by atoms with van der Waals surface area (Å²) in [5.41, 5.74) is 4.33. The zero-order chi connectivity index (χ0) is 20.7. The first-order chi connectivity index (χ1) is 13.2. The van der Waals surface area contributed by atoms with Crippen LogP contribution in [0.5, 0.6) is 0 Å². The van der Waals surface area contributed by atoms with Crippen molar-refractivity contribution in [3.05, 3.63) is 57.6 Å². The van der Waals surface area contributed by atoms with Gasteiger partial charge in [-0.05, 0) is 61.7 Å². The average molecular weight is 447 g/mol. The summed E-state index contributed by atoms with van der Waals surface area (Å²) in [6, 6.07) is 11.0. The van der Waals surface area contributed by atoms with Crippen molar-refractivity contribution in [2.75, 3.05) is 17.2 Å². The Balaban J connectivity index is 1.73. The Morgan fingerprint density at radius 2 is 1.54 bits per heavy atom. The third-order valence-corrected chi connectivity index (χ3v) is 5.19. The number of amides is 2. The van der Waals surface area contributed by atoms with E-state index in [-0.39, 0.29) is 18.7 Å². The molecular formula is C21H23BrN2O4. The number of hydrogen-bond acceptors (Lipinski definition) is 4. The number of benzene rings is 2. The molecule has 0 aromatic heterocycles. The van der Waals surface area contributed by atoms with Crippen molar-refractivity contribution in [3.63, 3.8) is 0 Å². The molecule has 2 aromatic carbocycles. The van der Waals surface area contributed by atoms with Gasteiger partial charge in [-0.3, -0.25) is 14.4 Å². The smallest absolute Gasteiger partial charge is 0.306 e. The molecule has 0 aliphatic carbocycles. The summed E-state index contributed by atoms with van der Waals surface area (Å²) >= 11 is 3.47. The number of ether oxygens (including phenoxy) is 1. The summed E-state index contributed by atoms with van der Waals surface area (Å²) in [6.07, 6.45) is -0.110. The van der Waals surface area contributed by atoms with Crippen molar-refractivity contribution in [3.8, 4) is 0 Å². The van der Waals surface area contributed by atoms with Crippen LogP contribution in [-0.2, 0) is 19.1 Å². The molecule has 0 fully saturated rings. The fourth-order valence-corrected chi connectivity index (χ4v) is 2.82. The molecule has 0 bridgehead atoms. The summed E-state index contributed by atoms with van der Waals surface area (Å²) in [6.45, 7) is 5.38. The quantitative estimate of drug-likeness (QED) is 0.621. The van der Waals surface area contributed by atoms with Crippen LogP contribution in [0.25, 0.3) is 0 Å². The minimum absolute atomic E-state index is 0.0144. The van der Waals surface area contributed by atoms with Crippen LogP contribution in [0.3, 0.4) is 0 Å². The molecule has 0 radical (unpaired) electrons. The van der Waals surface area contributed by atoms with Gasteiger partial charge in [0, 0.05) is 22.3 Å². The predicted octanol–water partition coefficient (Wildman–Crippen LogP) is 4.27. The van der Waals surface area contributed by atoms with E-state index in [4.69, 9.17) is 4.74 Å². The van der Waals surface area contributed by atoms with Gasteiger partial charge < -0.3 is 15.4 Å². The van der Waals surface area contributed by atoms with Crippen molar-refractivity contribution < 1.29 is 19.1 Å². The topological polar surface area (TPSA) is 84.5 Å². The number of aryl methyl sites for hydroxylation is 3. The molecule has 28 heavy (non-hydrogen) atoms.